The van der Waals surface area contributed by atoms with Gasteiger partial charge < -0.3 is 0 Å². The minimum absolute atomic E-state index is 0.643. The third-order valence-electron chi connectivity index (χ3n) is 1.62. The average Bonchev–Trinajstić information content (AvgIpc) is 2.22. The predicted octanol–water partition coefficient (Wildman–Crippen LogP) is 4.04. The maximum absolute atomic E-state index is 5.99. The van der Waals surface area contributed by atoms with Crippen LogP contribution in [0.3, 0.4) is 0 Å². The molecule has 0 radical (unpaired) electrons. The van der Waals surface area contributed by atoms with Crippen LogP contribution in [0.25, 0.3) is 0 Å². The fourth-order valence-electron chi connectivity index (χ4n) is 0.992. The maximum atomic E-state index is 5.99. The molecule has 2 aromatic heterocycles. The zero-order chi connectivity index (χ0) is 10.7. The molecule has 0 saturated carbocycles. The minimum Gasteiger partial charge on any atom is -0.248 e. The molecule has 0 atom stereocenters. The molecule has 0 aliphatic rings. The second-order valence-electron chi connectivity index (χ2n) is 2.69. The molecule has 0 aliphatic carbocycles. The minimum atomic E-state index is 0.643. The Morgan fingerprint density at radius 2 is 2.07 bits per heavy atom. The van der Waals surface area contributed by atoms with Crippen molar-refractivity contribution < 1.29 is 0 Å². The van der Waals surface area contributed by atoms with E-state index < -0.39 is 0 Å². The van der Waals surface area contributed by atoms with Gasteiger partial charge in [-0.15, -0.1) is 0 Å². The lowest BCUT2D eigenvalue weighted by molar-refractivity contribution is 1.08. The Labute approximate surface area is 105 Å². The highest BCUT2D eigenvalue weighted by Gasteiger charge is 2.04. The molecule has 2 nitrogen and oxygen atoms in total. The van der Waals surface area contributed by atoms with E-state index in [0.29, 0.717) is 5.02 Å². The summed E-state index contributed by atoms with van der Waals surface area (Å²) in [7, 11) is 0. The maximum Gasteiger partial charge on any atom is 0.121 e. The Balaban J connectivity index is 2.26. The van der Waals surface area contributed by atoms with Crippen LogP contribution in [0.1, 0.15) is 0 Å². The second-order valence-corrected chi connectivity index (χ2v) is 4.92. The Morgan fingerprint density at radius 3 is 2.80 bits per heavy atom. The second kappa shape index (κ2) is 4.96. The highest BCUT2D eigenvalue weighted by atomic mass is 79.9. The van der Waals surface area contributed by atoms with Crippen LogP contribution >= 0.6 is 39.3 Å². The van der Waals surface area contributed by atoms with E-state index in [2.05, 4.69) is 25.9 Å². The van der Waals surface area contributed by atoms with E-state index in [1.54, 1.807) is 12.3 Å². The van der Waals surface area contributed by atoms with E-state index in [1.807, 2.05) is 24.3 Å². The van der Waals surface area contributed by atoms with Gasteiger partial charge in [0.25, 0.3) is 0 Å². The van der Waals surface area contributed by atoms with Crippen LogP contribution in [0.15, 0.2) is 51.2 Å². The lowest BCUT2D eigenvalue weighted by atomic mass is 10.5. The van der Waals surface area contributed by atoms with E-state index >= 15 is 0 Å². The lowest BCUT2D eigenvalue weighted by Gasteiger charge is -2.01. The SMILES string of the molecule is Clc1cccnc1Sc1cccc(Br)n1. The van der Waals surface area contributed by atoms with Crippen molar-refractivity contribution in [1.29, 1.82) is 0 Å². The van der Waals surface area contributed by atoms with Crippen molar-refractivity contribution in [1.82, 2.24) is 9.97 Å². The van der Waals surface area contributed by atoms with Gasteiger partial charge in [0.1, 0.15) is 14.7 Å². The molecule has 5 heteroatoms. The van der Waals surface area contributed by atoms with Crippen LogP contribution < -0.4 is 0 Å². The van der Waals surface area contributed by atoms with Crippen molar-refractivity contribution >= 4 is 39.3 Å². The molecule has 0 aliphatic heterocycles. The van der Waals surface area contributed by atoms with Crippen molar-refractivity contribution in [3.63, 3.8) is 0 Å². The molecular weight excluding hydrogens is 296 g/mol. The van der Waals surface area contributed by atoms with Gasteiger partial charge in [-0.3, -0.25) is 0 Å². The molecule has 2 aromatic rings. The van der Waals surface area contributed by atoms with Crippen LogP contribution in [0.5, 0.6) is 0 Å². The van der Waals surface area contributed by atoms with Gasteiger partial charge in [0.15, 0.2) is 0 Å². The summed E-state index contributed by atoms with van der Waals surface area (Å²) in [5, 5.41) is 2.28. The standard InChI is InChI=1S/C10H6BrClN2S/c11-8-4-1-5-9(14-8)15-10-7(12)3-2-6-13-10/h1-6H. The molecule has 0 spiro atoms. The largest absolute Gasteiger partial charge is 0.248 e. The number of aromatic nitrogens is 2. The Bertz CT molecular complexity index is 478. The van der Waals surface area contributed by atoms with Crippen LogP contribution in [-0.2, 0) is 0 Å². The van der Waals surface area contributed by atoms with Crippen LogP contribution in [0, 0.1) is 0 Å². The van der Waals surface area contributed by atoms with Gasteiger partial charge in [0, 0.05) is 6.20 Å². The molecule has 0 N–H and O–H groups in total. The summed E-state index contributed by atoms with van der Waals surface area (Å²) < 4.78 is 0.805. The first-order valence-electron chi connectivity index (χ1n) is 4.16. The van der Waals surface area contributed by atoms with E-state index in [9.17, 15) is 0 Å². The van der Waals surface area contributed by atoms with Gasteiger partial charge in [-0.05, 0) is 52.0 Å². The summed E-state index contributed by atoms with van der Waals surface area (Å²) in [6.07, 6.45) is 1.71. The number of rotatable bonds is 2. The fourth-order valence-corrected chi connectivity index (χ4v) is 2.46. The average molecular weight is 302 g/mol. The monoisotopic (exact) mass is 300 g/mol. The van der Waals surface area contributed by atoms with E-state index in [4.69, 9.17) is 11.6 Å². The quantitative estimate of drug-likeness (QED) is 0.783. The molecule has 0 fully saturated rings. The summed E-state index contributed by atoms with van der Waals surface area (Å²) in [6, 6.07) is 9.34. The molecule has 0 aromatic carbocycles. The van der Waals surface area contributed by atoms with Crippen molar-refractivity contribution in [2.75, 3.05) is 0 Å². The van der Waals surface area contributed by atoms with Gasteiger partial charge in [-0.2, -0.15) is 0 Å². The van der Waals surface area contributed by atoms with Gasteiger partial charge in [-0.25, -0.2) is 9.97 Å². The first-order chi connectivity index (χ1) is 7.25. The van der Waals surface area contributed by atoms with E-state index in [1.165, 1.54) is 11.8 Å². The van der Waals surface area contributed by atoms with E-state index in [-0.39, 0.29) is 0 Å². The molecular formula is C10H6BrClN2S. The van der Waals surface area contributed by atoms with Gasteiger partial charge in [-0.1, -0.05) is 17.7 Å². The van der Waals surface area contributed by atoms with Crippen molar-refractivity contribution in [3.05, 3.63) is 46.2 Å². The zero-order valence-electron chi connectivity index (χ0n) is 7.52. The number of halogens is 2. The number of nitrogens with zero attached hydrogens (tertiary/aromatic N) is 2. The van der Waals surface area contributed by atoms with Crippen molar-refractivity contribution in [3.8, 4) is 0 Å². The normalized spacial score (nSPS) is 10.3. The number of hydrogen-bond acceptors (Lipinski definition) is 3. The molecule has 0 bridgehead atoms. The third kappa shape index (κ3) is 2.93. The van der Waals surface area contributed by atoms with Crippen molar-refractivity contribution in [2.45, 2.75) is 10.1 Å². The highest BCUT2D eigenvalue weighted by molar-refractivity contribution is 9.10. The van der Waals surface area contributed by atoms with Gasteiger partial charge in [0.2, 0.25) is 0 Å². The van der Waals surface area contributed by atoms with Crippen LogP contribution in [0.2, 0.25) is 5.02 Å². The Morgan fingerprint density at radius 1 is 1.20 bits per heavy atom. The molecule has 0 amide bonds. The molecule has 2 heterocycles. The molecule has 76 valence electrons. The fraction of sp³-hybridized carbons (Fsp3) is 0. The number of pyridine rings is 2. The Hall–Kier alpha value is -0.580. The van der Waals surface area contributed by atoms with Crippen LogP contribution in [0.4, 0.5) is 0 Å². The first kappa shape index (κ1) is 10.9. The summed E-state index contributed by atoms with van der Waals surface area (Å²) in [5.41, 5.74) is 0. The van der Waals surface area contributed by atoms with E-state index in [0.717, 1.165) is 14.7 Å². The summed E-state index contributed by atoms with van der Waals surface area (Å²) >= 11 is 10.8. The van der Waals surface area contributed by atoms with Gasteiger partial charge >= 0.3 is 0 Å². The summed E-state index contributed by atoms with van der Waals surface area (Å²) in [5.74, 6) is 0. The van der Waals surface area contributed by atoms with Crippen LogP contribution in [-0.4, -0.2) is 9.97 Å². The molecule has 2 rings (SSSR count). The predicted molar refractivity (Wildman–Crippen MR) is 65.3 cm³/mol. The topological polar surface area (TPSA) is 25.8 Å². The third-order valence-corrected chi connectivity index (χ3v) is 3.43. The number of hydrogen-bond donors (Lipinski definition) is 0. The zero-order valence-corrected chi connectivity index (χ0v) is 10.7. The molecule has 0 unspecified atom stereocenters. The summed E-state index contributed by atoms with van der Waals surface area (Å²) in [4.78, 5) is 8.47. The lowest BCUT2D eigenvalue weighted by Crippen LogP contribution is -1.83. The summed E-state index contributed by atoms with van der Waals surface area (Å²) in [6.45, 7) is 0. The van der Waals surface area contributed by atoms with Crippen molar-refractivity contribution in [2.24, 2.45) is 0 Å². The molecule has 15 heavy (non-hydrogen) atoms. The molecule has 0 saturated heterocycles. The Kier molecular flexibility index (Phi) is 3.61. The smallest absolute Gasteiger partial charge is 0.121 e. The van der Waals surface area contributed by atoms with Gasteiger partial charge in [0.05, 0.1) is 5.02 Å². The first-order valence-corrected chi connectivity index (χ1v) is 6.15. The highest BCUT2D eigenvalue weighted by Crippen LogP contribution is 2.30.